The Labute approximate surface area is 130 Å². The highest BCUT2D eigenvalue weighted by Gasteiger charge is 2.20. The lowest BCUT2D eigenvalue weighted by Crippen LogP contribution is -2.49. The van der Waals surface area contributed by atoms with Gasteiger partial charge in [-0.3, -0.25) is 5.41 Å². The summed E-state index contributed by atoms with van der Waals surface area (Å²) >= 11 is 1.55. The topological polar surface area (TPSA) is 68.4 Å². The van der Waals surface area contributed by atoms with E-state index >= 15 is 0 Å². The molecule has 1 aliphatic rings. The zero-order chi connectivity index (χ0) is 15.8. The Hall–Kier alpha value is -1.47. The summed E-state index contributed by atoms with van der Waals surface area (Å²) in [5, 5.41) is 11.5. The Morgan fingerprint density at radius 3 is 2.52 bits per heavy atom. The summed E-state index contributed by atoms with van der Waals surface area (Å²) in [6.45, 7) is 7.08. The Morgan fingerprint density at radius 1 is 1.43 bits per heavy atom. The van der Waals surface area contributed by atoms with Gasteiger partial charge < -0.3 is 20.9 Å². The van der Waals surface area contributed by atoms with Gasteiger partial charge in [0.05, 0.1) is 16.8 Å². The molecule has 0 radical (unpaired) electrons. The predicted octanol–water partition coefficient (Wildman–Crippen LogP) is 1.33. The summed E-state index contributed by atoms with van der Waals surface area (Å²) in [5.41, 5.74) is 6.03. The fourth-order valence-electron chi connectivity index (χ4n) is 1.94. The number of rotatable bonds is 6. The van der Waals surface area contributed by atoms with Crippen molar-refractivity contribution < 1.29 is 4.39 Å². The smallest absolute Gasteiger partial charge is 0.144 e. The van der Waals surface area contributed by atoms with Crippen molar-refractivity contribution in [3.8, 4) is 0 Å². The first-order chi connectivity index (χ1) is 10.0. The van der Waals surface area contributed by atoms with Crippen molar-refractivity contribution in [1.29, 1.82) is 5.41 Å². The molecule has 1 saturated heterocycles. The second-order valence-corrected chi connectivity index (χ2v) is 5.82. The molecule has 1 unspecified atom stereocenters. The molecule has 0 aliphatic carbocycles. The lowest BCUT2D eigenvalue weighted by atomic mass is 10.2. The van der Waals surface area contributed by atoms with E-state index in [1.165, 1.54) is 6.08 Å². The maximum Gasteiger partial charge on any atom is 0.144 e. The summed E-state index contributed by atoms with van der Waals surface area (Å²) in [6, 6.07) is 0. The number of halogens is 1. The molecule has 1 heterocycles. The molecule has 1 aliphatic heterocycles. The number of allylic oxidation sites excluding steroid dienone is 1. The largest absolute Gasteiger partial charge is 0.397 e. The first kappa shape index (κ1) is 17.6. The van der Waals surface area contributed by atoms with E-state index in [9.17, 15) is 4.39 Å². The number of hydrogen-bond donors (Lipinski definition) is 3. The molecular weight excluding hydrogens is 289 g/mol. The Bertz CT molecular complexity index is 427. The molecule has 5 nitrogen and oxygen atoms in total. The highest BCUT2D eigenvalue weighted by atomic mass is 32.2. The molecule has 0 aromatic rings. The van der Waals surface area contributed by atoms with Gasteiger partial charge in [0, 0.05) is 26.2 Å². The van der Waals surface area contributed by atoms with Gasteiger partial charge in [-0.15, -0.1) is 18.3 Å². The number of likely N-dealkylation sites (N-methyl/N-ethyl adjacent to an activating group) is 1. The van der Waals surface area contributed by atoms with Crippen LogP contribution in [-0.4, -0.2) is 60.5 Å². The number of hydrogen-bond acceptors (Lipinski definition) is 5. The van der Waals surface area contributed by atoms with Crippen LogP contribution in [0.1, 0.15) is 0 Å². The fraction of sp³-hybridized carbons (Fsp3) is 0.500. The average molecular weight is 313 g/mol. The van der Waals surface area contributed by atoms with Crippen molar-refractivity contribution in [2.24, 2.45) is 5.73 Å². The van der Waals surface area contributed by atoms with Crippen LogP contribution < -0.4 is 11.1 Å². The molecule has 0 bridgehead atoms. The van der Waals surface area contributed by atoms with E-state index in [0.717, 1.165) is 26.2 Å². The van der Waals surface area contributed by atoms with Crippen molar-refractivity contribution in [1.82, 2.24) is 15.1 Å². The third-order valence-electron chi connectivity index (χ3n) is 3.28. The van der Waals surface area contributed by atoms with E-state index in [0.29, 0.717) is 17.9 Å². The van der Waals surface area contributed by atoms with Crippen molar-refractivity contribution >= 4 is 17.6 Å². The first-order valence-electron chi connectivity index (χ1n) is 6.73. The van der Waals surface area contributed by atoms with E-state index in [-0.39, 0.29) is 11.1 Å². The van der Waals surface area contributed by atoms with E-state index in [1.54, 1.807) is 17.8 Å². The SMILES string of the molecule is C=CC(N/C(=C/C(N)=C/F)C(=N)N1CCN(C)CC1)SC. The van der Waals surface area contributed by atoms with Crippen LogP contribution in [0, 0.1) is 5.41 Å². The number of amidine groups is 1. The number of nitrogens with one attached hydrogen (secondary N) is 2. The van der Waals surface area contributed by atoms with Gasteiger partial charge in [0.15, 0.2) is 0 Å². The molecule has 0 aromatic carbocycles. The molecular formula is C14H24FN5S. The second-order valence-electron chi connectivity index (χ2n) is 4.84. The minimum absolute atomic E-state index is 0.0136. The van der Waals surface area contributed by atoms with Crippen LogP contribution in [0.25, 0.3) is 0 Å². The molecule has 118 valence electrons. The van der Waals surface area contributed by atoms with Crippen molar-refractivity contribution in [3.63, 3.8) is 0 Å². The molecule has 21 heavy (non-hydrogen) atoms. The number of piperazine rings is 1. The number of thioether (sulfide) groups is 1. The third kappa shape index (κ3) is 5.43. The monoisotopic (exact) mass is 313 g/mol. The van der Waals surface area contributed by atoms with Crippen LogP contribution in [0.2, 0.25) is 0 Å². The van der Waals surface area contributed by atoms with Gasteiger partial charge in [0.25, 0.3) is 0 Å². The number of nitrogens with zero attached hydrogens (tertiary/aromatic N) is 2. The molecule has 0 amide bonds. The van der Waals surface area contributed by atoms with Gasteiger partial charge in [0.1, 0.15) is 12.2 Å². The van der Waals surface area contributed by atoms with Gasteiger partial charge >= 0.3 is 0 Å². The summed E-state index contributed by atoms with van der Waals surface area (Å²) in [7, 11) is 2.06. The average Bonchev–Trinajstić information content (AvgIpc) is 2.51. The summed E-state index contributed by atoms with van der Waals surface area (Å²) in [6.07, 6.45) is 5.46. The van der Waals surface area contributed by atoms with E-state index in [4.69, 9.17) is 11.1 Å². The molecule has 0 aromatic heterocycles. The Balaban J connectivity index is 2.87. The molecule has 0 saturated carbocycles. The van der Waals surface area contributed by atoms with Gasteiger partial charge in [-0.2, -0.15) is 0 Å². The van der Waals surface area contributed by atoms with Crippen LogP contribution in [0.4, 0.5) is 4.39 Å². The molecule has 1 atom stereocenters. The van der Waals surface area contributed by atoms with Crippen LogP contribution in [0.5, 0.6) is 0 Å². The van der Waals surface area contributed by atoms with Crippen molar-refractivity contribution in [3.05, 3.63) is 36.5 Å². The van der Waals surface area contributed by atoms with Gasteiger partial charge in [-0.25, -0.2) is 4.39 Å². The first-order valence-corrected chi connectivity index (χ1v) is 8.02. The standard InChI is InChI=1S/C14H24FN5S/c1-4-13(21-3)18-12(9-11(16)10-15)14(17)20-7-5-19(2)6-8-20/h4,9-10,13,17-18H,1,5-8,16H2,2-3H3/b11-10-,12-9+,17-14?. The highest BCUT2D eigenvalue weighted by molar-refractivity contribution is 7.99. The van der Waals surface area contributed by atoms with Crippen LogP contribution in [0.3, 0.4) is 0 Å². The fourth-order valence-corrected chi connectivity index (χ4v) is 2.38. The zero-order valence-electron chi connectivity index (χ0n) is 12.6. The maximum atomic E-state index is 12.5. The molecule has 1 rings (SSSR count). The van der Waals surface area contributed by atoms with Crippen LogP contribution in [-0.2, 0) is 0 Å². The summed E-state index contributed by atoms with van der Waals surface area (Å²) < 4.78 is 12.5. The Morgan fingerprint density at radius 2 is 2.05 bits per heavy atom. The normalized spacial score (nSPS) is 19.3. The molecule has 0 spiro atoms. The summed E-state index contributed by atoms with van der Waals surface area (Å²) in [5.74, 6) is 0.328. The second kappa shape index (κ2) is 8.74. The highest BCUT2D eigenvalue weighted by Crippen LogP contribution is 2.11. The number of nitrogens with two attached hydrogens (primary N) is 1. The maximum absolute atomic E-state index is 12.5. The van der Waals surface area contributed by atoms with E-state index < -0.39 is 0 Å². The van der Waals surface area contributed by atoms with Crippen LogP contribution in [0.15, 0.2) is 36.5 Å². The summed E-state index contributed by atoms with van der Waals surface area (Å²) in [4.78, 5) is 4.18. The lowest BCUT2D eigenvalue weighted by molar-refractivity contribution is 0.214. The van der Waals surface area contributed by atoms with Gasteiger partial charge in [-0.05, 0) is 19.4 Å². The minimum Gasteiger partial charge on any atom is -0.397 e. The van der Waals surface area contributed by atoms with Gasteiger partial charge in [-0.1, -0.05) is 6.08 Å². The molecule has 7 heteroatoms. The molecule has 4 N–H and O–H groups in total. The Kier molecular flexibility index (Phi) is 7.31. The van der Waals surface area contributed by atoms with E-state index in [2.05, 4.69) is 23.8 Å². The third-order valence-corrected chi connectivity index (χ3v) is 4.10. The predicted molar refractivity (Wildman–Crippen MR) is 88.9 cm³/mol. The van der Waals surface area contributed by atoms with Crippen LogP contribution >= 0.6 is 11.8 Å². The molecule has 1 fully saturated rings. The zero-order valence-corrected chi connectivity index (χ0v) is 13.4. The quantitative estimate of drug-likeness (QED) is 0.227. The minimum atomic E-state index is -0.0588. The van der Waals surface area contributed by atoms with Crippen molar-refractivity contribution in [2.45, 2.75) is 5.37 Å². The van der Waals surface area contributed by atoms with E-state index in [1.807, 2.05) is 11.2 Å². The van der Waals surface area contributed by atoms with Crippen molar-refractivity contribution in [2.75, 3.05) is 39.5 Å². The van der Waals surface area contributed by atoms with Gasteiger partial charge in [0.2, 0.25) is 0 Å². The lowest BCUT2D eigenvalue weighted by Gasteiger charge is -2.35.